The van der Waals surface area contributed by atoms with Crippen LogP contribution in [0.25, 0.3) is 0 Å². The summed E-state index contributed by atoms with van der Waals surface area (Å²) in [6, 6.07) is 0. The van der Waals surface area contributed by atoms with Crippen LogP contribution in [0.5, 0.6) is 0 Å². The third-order valence-electron chi connectivity index (χ3n) is 1.99. The van der Waals surface area contributed by atoms with Gasteiger partial charge < -0.3 is 4.74 Å². The van der Waals surface area contributed by atoms with Gasteiger partial charge in [-0.1, -0.05) is 37.6 Å². The summed E-state index contributed by atoms with van der Waals surface area (Å²) in [5.74, 6) is 0.228. The maximum absolute atomic E-state index is 7.52. The Morgan fingerprint density at radius 1 is 1.40 bits per heavy atom. The highest BCUT2D eigenvalue weighted by molar-refractivity contribution is 5.94. The first-order chi connectivity index (χ1) is 7.24. The van der Waals surface area contributed by atoms with Crippen LogP contribution in [0.3, 0.4) is 0 Å². The molecule has 1 rings (SSSR count). The summed E-state index contributed by atoms with van der Waals surface area (Å²) in [5, 5.41) is 7.52. The van der Waals surface area contributed by atoms with Gasteiger partial charge in [0.25, 0.3) is 0 Å². The van der Waals surface area contributed by atoms with Gasteiger partial charge in [0.15, 0.2) is 0 Å². The van der Waals surface area contributed by atoms with Gasteiger partial charge in [-0.05, 0) is 25.8 Å². The molecule has 1 aliphatic rings. The quantitative estimate of drug-likeness (QED) is 0.514. The van der Waals surface area contributed by atoms with Gasteiger partial charge in [-0.2, -0.15) is 0 Å². The Kier molecular flexibility index (Phi) is 7.33. The van der Waals surface area contributed by atoms with Crippen LogP contribution in [0.4, 0.5) is 0 Å². The van der Waals surface area contributed by atoms with E-state index in [9.17, 15) is 0 Å². The fraction of sp³-hybridized carbons (Fsp3) is 0.462. The molecular weight excluding hydrogens is 186 g/mol. The molecule has 0 spiro atoms. The molecule has 0 amide bonds. The zero-order valence-electron chi connectivity index (χ0n) is 10.1. The fourth-order valence-corrected chi connectivity index (χ4v) is 1.22. The third-order valence-corrected chi connectivity index (χ3v) is 1.99. The summed E-state index contributed by atoms with van der Waals surface area (Å²) in [6.07, 6.45) is 10.1. The van der Waals surface area contributed by atoms with Gasteiger partial charge in [-0.3, -0.25) is 5.41 Å². The Labute approximate surface area is 92.8 Å². The van der Waals surface area contributed by atoms with Crippen molar-refractivity contribution in [2.45, 2.75) is 33.6 Å². The highest BCUT2D eigenvalue weighted by Gasteiger charge is 2.02. The number of allylic oxidation sites excluding steroid dienone is 4. The first-order valence-electron chi connectivity index (χ1n) is 5.41. The van der Waals surface area contributed by atoms with E-state index in [1.54, 1.807) is 0 Å². The Balaban J connectivity index is 0.000000921. The minimum Gasteiger partial charge on any atom is -0.481 e. The van der Waals surface area contributed by atoms with Crippen molar-refractivity contribution in [1.82, 2.24) is 0 Å². The van der Waals surface area contributed by atoms with Crippen molar-refractivity contribution in [3.63, 3.8) is 0 Å². The van der Waals surface area contributed by atoms with Gasteiger partial charge >= 0.3 is 0 Å². The molecule has 0 fully saturated rings. The molecule has 0 heterocycles. The first-order valence-corrected chi connectivity index (χ1v) is 5.41. The van der Waals surface area contributed by atoms with E-state index in [4.69, 9.17) is 10.1 Å². The molecule has 84 valence electrons. The first kappa shape index (κ1) is 13.7. The van der Waals surface area contributed by atoms with Crippen molar-refractivity contribution >= 4 is 5.90 Å². The van der Waals surface area contributed by atoms with Gasteiger partial charge in [0.1, 0.15) is 0 Å². The highest BCUT2D eigenvalue weighted by atomic mass is 16.5. The van der Waals surface area contributed by atoms with E-state index in [0.29, 0.717) is 0 Å². The molecule has 1 N–H and O–H groups in total. The molecule has 0 aromatic heterocycles. The average molecular weight is 207 g/mol. The molecule has 2 heteroatoms. The van der Waals surface area contributed by atoms with E-state index in [1.807, 2.05) is 32.1 Å². The summed E-state index contributed by atoms with van der Waals surface area (Å²) in [7, 11) is 1.52. The lowest BCUT2D eigenvalue weighted by Crippen LogP contribution is -2.02. The minimum absolute atomic E-state index is 0.228. The van der Waals surface area contributed by atoms with Gasteiger partial charge in [0, 0.05) is 5.57 Å². The Bertz CT molecular complexity index is 285. The fourth-order valence-electron chi connectivity index (χ4n) is 1.22. The van der Waals surface area contributed by atoms with Crippen molar-refractivity contribution in [3.8, 4) is 0 Å². The number of hydrogen-bond donors (Lipinski definition) is 1. The number of rotatable bonds is 1. The lowest BCUT2D eigenvalue weighted by Gasteiger charge is -2.06. The predicted molar refractivity (Wildman–Crippen MR) is 66.3 cm³/mol. The zero-order chi connectivity index (χ0) is 11.7. The largest absolute Gasteiger partial charge is 0.481 e. The Hall–Kier alpha value is -1.31. The SMILES string of the molecule is CC.COC(=N)C1=C/C=C\CC/C(C)=C\1. The molecule has 0 saturated heterocycles. The summed E-state index contributed by atoms with van der Waals surface area (Å²) in [5.41, 5.74) is 2.13. The lowest BCUT2D eigenvalue weighted by molar-refractivity contribution is 0.401. The summed E-state index contributed by atoms with van der Waals surface area (Å²) < 4.78 is 4.87. The standard InChI is InChI=1S/C11H15NO.C2H6/c1-9-6-4-3-5-7-10(8-9)11(12)13-2;1-2/h3,5,7-8,12H,4,6H2,1-2H3;1-2H3/b5-3-,9-8-,10-7+,12-11?;. The molecule has 0 radical (unpaired) electrons. The van der Waals surface area contributed by atoms with Crippen LogP contribution in [0.1, 0.15) is 33.6 Å². The van der Waals surface area contributed by atoms with E-state index < -0.39 is 0 Å². The summed E-state index contributed by atoms with van der Waals surface area (Å²) in [6.45, 7) is 6.08. The zero-order valence-corrected chi connectivity index (χ0v) is 10.1. The van der Waals surface area contributed by atoms with E-state index in [1.165, 1.54) is 12.7 Å². The number of methoxy groups -OCH3 is 1. The van der Waals surface area contributed by atoms with Crippen LogP contribution < -0.4 is 0 Å². The van der Waals surface area contributed by atoms with Crippen LogP contribution in [-0.4, -0.2) is 13.0 Å². The van der Waals surface area contributed by atoms with Gasteiger partial charge in [-0.15, -0.1) is 0 Å². The number of ether oxygens (including phenoxy) is 1. The number of hydrogen-bond acceptors (Lipinski definition) is 2. The summed E-state index contributed by atoms with van der Waals surface area (Å²) in [4.78, 5) is 0. The molecule has 0 atom stereocenters. The second kappa shape index (κ2) is 8.04. The molecule has 2 nitrogen and oxygen atoms in total. The average Bonchev–Trinajstić information content (AvgIpc) is 2.25. The van der Waals surface area contributed by atoms with Crippen molar-refractivity contribution in [2.75, 3.05) is 7.11 Å². The van der Waals surface area contributed by atoms with E-state index in [-0.39, 0.29) is 5.90 Å². The van der Waals surface area contributed by atoms with Crippen LogP contribution in [0.15, 0.2) is 35.5 Å². The van der Waals surface area contributed by atoms with Crippen molar-refractivity contribution < 1.29 is 4.74 Å². The second-order valence-corrected chi connectivity index (χ2v) is 3.11. The smallest absolute Gasteiger partial charge is 0.212 e. The Morgan fingerprint density at radius 3 is 2.67 bits per heavy atom. The van der Waals surface area contributed by atoms with Crippen molar-refractivity contribution in [1.29, 1.82) is 5.41 Å². The molecule has 0 aliphatic heterocycles. The third kappa shape index (κ3) is 5.21. The maximum Gasteiger partial charge on any atom is 0.212 e. The molecular formula is C13H21NO. The van der Waals surface area contributed by atoms with Crippen LogP contribution >= 0.6 is 0 Å². The van der Waals surface area contributed by atoms with Gasteiger partial charge in [0.05, 0.1) is 7.11 Å². The topological polar surface area (TPSA) is 33.1 Å². The van der Waals surface area contributed by atoms with E-state index in [2.05, 4.69) is 13.0 Å². The molecule has 0 aromatic rings. The van der Waals surface area contributed by atoms with E-state index in [0.717, 1.165) is 18.4 Å². The highest BCUT2D eigenvalue weighted by Crippen LogP contribution is 2.13. The van der Waals surface area contributed by atoms with Gasteiger partial charge in [0.2, 0.25) is 5.90 Å². The van der Waals surface area contributed by atoms with Crippen molar-refractivity contribution in [3.05, 3.63) is 35.5 Å². The predicted octanol–water partition coefficient (Wildman–Crippen LogP) is 3.86. The minimum atomic E-state index is 0.228. The molecule has 0 bridgehead atoms. The lowest BCUT2D eigenvalue weighted by atomic mass is 10.0. The van der Waals surface area contributed by atoms with Crippen LogP contribution in [-0.2, 0) is 4.74 Å². The monoisotopic (exact) mass is 207 g/mol. The second-order valence-electron chi connectivity index (χ2n) is 3.11. The van der Waals surface area contributed by atoms with Gasteiger partial charge in [-0.25, -0.2) is 0 Å². The number of nitrogens with one attached hydrogen (secondary N) is 1. The van der Waals surface area contributed by atoms with Crippen molar-refractivity contribution in [2.24, 2.45) is 0 Å². The molecule has 0 saturated carbocycles. The Morgan fingerprint density at radius 2 is 2.07 bits per heavy atom. The summed E-state index contributed by atoms with van der Waals surface area (Å²) >= 11 is 0. The molecule has 15 heavy (non-hydrogen) atoms. The molecule has 0 unspecified atom stereocenters. The maximum atomic E-state index is 7.52. The van der Waals surface area contributed by atoms with Crippen LogP contribution in [0.2, 0.25) is 0 Å². The molecule has 1 aliphatic carbocycles. The normalized spacial score (nSPS) is 24.0. The van der Waals surface area contributed by atoms with Crippen LogP contribution in [0, 0.1) is 5.41 Å². The van der Waals surface area contributed by atoms with E-state index >= 15 is 0 Å². The molecule has 0 aromatic carbocycles.